The number of aromatic nitrogens is 3. The lowest BCUT2D eigenvalue weighted by Crippen LogP contribution is -2.71. The normalized spacial score (nSPS) is 19.1. The molecule has 14 nitrogen and oxygen atoms in total. The minimum atomic E-state index is -1.51. The first-order chi connectivity index (χ1) is 20.0. The van der Waals surface area contributed by atoms with E-state index in [4.69, 9.17) is 27.3 Å². The van der Waals surface area contributed by atoms with Crippen LogP contribution in [0.5, 0.6) is 0 Å². The van der Waals surface area contributed by atoms with Crippen LogP contribution in [0.2, 0.25) is 4.34 Å². The zero-order valence-corrected chi connectivity index (χ0v) is 24.0. The van der Waals surface area contributed by atoms with Crippen LogP contribution in [-0.2, 0) is 30.6 Å². The number of carbonyl (C=O) groups is 4. The standard InChI is InChI=1S/C25H22ClN7O7S2/c1-11(23(36)37)40-31-16(15-19(26)42-25(27)30-15)20(34)29-17-21(35)33-18(24(38)39)14(10-41-22(17)33)9-32-6-3-12(4-7-32)13-2-5-28-8-13/h2-8,11,17,22H,9-10H2,1H3,(H5,27,29,30,34,36,37,38,39)/b31-16-/t11-,17?,22?/m0/s1. The van der Waals surface area contributed by atoms with E-state index in [2.05, 4.69) is 20.4 Å². The third-order valence-corrected chi connectivity index (χ3v) is 8.84. The van der Waals surface area contributed by atoms with Crippen molar-refractivity contribution in [2.75, 3.05) is 11.5 Å². The largest absolute Gasteiger partial charge is 0.543 e. The number of carboxylic acid groups (broad SMARTS) is 2. The average Bonchev–Trinajstić information content (AvgIpc) is 3.61. The second kappa shape index (κ2) is 11.8. The fourth-order valence-corrected chi connectivity index (χ4v) is 6.58. The summed E-state index contributed by atoms with van der Waals surface area (Å²) in [5, 5.41) is 26.7. The highest BCUT2D eigenvalue weighted by Crippen LogP contribution is 2.40. The summed E-state index contributed by atoms with van der Waals surface area (Å²) in [6, 6.07) is 4.59. The molecule has 42 heavy (non-hydrogen) atoms. The van der Waals surface area contributed by atoms with E-state index in [1.54, 1.807) is 4.57 Å². The smallest absolute Gasteiger partial charge is 0.347 e. The van der Waals surface area contributed by atoms with E-state index in [9.17, 15) is 24.3 Å². The molecule has 0 aromatic carbocycles. The number of aromatic amines is 1. The molecular formula is C25H22ClN7O7S2. The Morgan fingerprint density at radius 3 is 2.69 bits per heavy atom. The van der Waals surface area contributed by atoms with Gasteiger partial charge in [0.15, 0.2) is 29.8 Å². The molecule has 3 atom stereocenters. The number of fused-ring (bicyclic) bond motifs is 1. The predicted molar refractivity (Wildman–Crippen MR) is 150 cm³/mol. The second-order valence-corrected chi connectivity index (χ2v) is 11.9. The molecule has 5 N–H and O–H groups in total. The number of nitrogens with zero attached hydrogens (tertiary/aromatic N) is 4. The SMILES string of the molecule is C[C@H](O/N=C(\C(=O)NC1C(=O)N2C(C(=O)[O-])=C(C[n+]3ccc(-c4cc[nH]c4)cc3)CSC12)c1nc(N)sc1Cl)C(=O)O. The molecule has 0 bridgehead atoms. The van der Waals surface area contributed by atoms with Crippen molar-refractivity contribution in [1.82, 2.24) is 20.2 Å². The number of β-lactam (4-membered cyclic amide) rings is 1. The second-order valence-electron chi connectivity index (χ2n) is 9.16. The van der Waals surface area contributed by atoms with Crippen LogP contribution < -0.4 is 20.7 Å². The molecule has 0 saturated carbocycles. The number of nitrogens with two attached hydrogens (primary N) is 1. The number of oxime groups is 1. The molecule has 1 saturated heterocycles. The van der Waals surface area contributed by atoms with Crippen molar-refractivity contribution in [2.24, 2.45) is 5.16 Å². The maximum Gasteiger partial charge on any atom is 0.347 e. The van der Waals surface area contributed by atoms with E-state index in [-0.39, 0.29) is 33.2 Å². The number of hydrogen-bond donors (Lipinski definition) is 4. The van der Waals surface area contributed by atoms with Crippen molar-refractivity contribution < 1.29 is 38.8 Å². The number of nitrogens with one attached hydrogen (secondary N) is 2. The van der Waals surface area contributed by atoms with Gasteiger partial charge < -0.3 is 35.9 Å². The molecule has 0 radical (unpaired) electrons. The van der Waals surface area contributed by atoms with Gasteiger partial charge in [0.25, 0.3) is 11.8 Å². The summed E-state index contributed by atoms with van der Waals surface area (Å²) in [7, 11) is 0. The summed E-state index contributed by atoms with van der Waals surface area (Å²) in [5.74, 6) is -4.21. The fourth-order valence-electron chi connectivity index (χ4n) is 4.31. The number of halogens is 1. The van der Waals surface area contributed by atoms with Crippen LogP contribution in [0.3, 0.4) is 0 Å². The van der Waals surface area contributed by atoms with Crippen LogP contribution in [0.1, 0.15) is 12.6 Å². The topological polar surface area (TPSA) is 207 Å². The predicted octanol–water partition coefficient (Wildman–Crippen LogP) is -0.0408. The van der Waals surface area contributed by atoms with E-state index < -0.39 is 47.0 Å². The third kappa shape index (κ3) is 5.68. The molecule has 1 fully saturated rings. The summed E-state index contributed by atoms with van der Waals surface area (Å²) in [6.45, 7) is 1.40. The zero-order valence-electron chi connectivity index (χ0n) is 21.6. The molecule has 2 aliphatic rings. The van der Waals surface area contributed by atoms with Crippen molar-refractivity contribution in [3.63, 3.8) is 0 Å². The molecule has 5 heterocycles. The number of amides is 2. The van der Waals surface area contributed by atoms with Crippen LogP contribution >= 0.6 is 34.7 Å². The minimum Gasteiger partial charge on any atom is -0.543 e. The molecule has 0 spiro atoms. The van der Waals surface area contributed by atoms with Gasteiger partial charge in [0.1, 0.15) is 21.4 Å². The highest BCUT2D eigenvalue weighted by Gasteiger charge is 2.53. The Morgan fingerprint density at radius 1 is 1.36 bits per heavy atom. The lowest BCUT2D eigenvalue weighted by atomic mass is 10.0. The molecule has 2 aliphatic heterocycles. The average molecular weight is 632 g/mol. The Bertz CT molecular complexity index is 1620. The van der Waals surface area contributed by atoms with Crippen molar-refractivity contribution in [2.45, 2.75) is 31.0 Å². The maximum atomic E-state index is 13.2. The molecule has 0 aliphatic carbocycles. The number of aliphatic carboxylic acids is 2. The highest BCUT2D eigenvalue weighted by atomic mass is 35.5. The highest BCUT2D eigenvalue weighted by molar-refractivity contribution is 8.00. The van der Waals surface area contributed by atoms with Crippen LogP contribution in [0.4, 0.5) is 5.13 Å². The van der Waals surface area contributed by atoms with Gasteiger partial charge in [0.2, 0.25) is 6.10 Å². The third-order valence-electron chi connectivity index (χ3n) is 6.41. The Labute approximate surface area is 250 Å². The molecule has 17 heteroatoms. The number of nitrogen functional groups attached to an aromatic ring is 1. The Morgan fingerprint density at radius 2 is 2.10 bits per heavy atom. The fraction of sp³-hybridized carbons (Fsp3) is 0.240. The Hall–Kier alpha value is -4.41. The van der Waals surface area contributed by atoms with E-state index in [1.807, 2.05) is 43.0 Å². The molecule has 2 unspecified atom stereocenters. The summed E-state index contributed by atoms with van der Waals surface area (Å²) >= 11 is 8.26. The van der Waals surface area contributed by atoms with E-state index in [1.165, 1.54) is 18.7 Å². The van der Waals surface area contributed by atoms with E-state index in [0.29, 0.717) is 5.57 Å². The first-order valence-corrected chi connectivity index (χ1v) is 14.5. The van der Waals surface area contributed by atoms with Crippen molar-refractivity contribution in [3.8, 4) is 11.1 Å². The molecule has 3 aromatic heterocycles. The van der Waals surface area contributed by atoms with Crippen molar-refractivity contribution in [1.29, 1.82) is 0 Å². The Balaban J connectivity index is 1.34. The van der Waals surface area contributed by atoms with Gasteiger partial charge in [0.05, 0.1) is 11.7 Å². The first kappa shape index (κ1) is 29.1. The van der Waals surface area contributed by atoms with Crippen LogP contribution in [0, 0.1) is 0 Å². The van der Waals surface area contributed by atoms with E-state index in [0.717, 1.165) is 27.4 Å². The maximum absolute atomic E-state index is 13.2. The summed E-state index contributed by atoms with van der Waals surface area (Å²) < 4.78 is 1.79. The first-order valence-electron chi connectivity index (χ1n) is 12.2. The van der Waals surface area contributed by atoms with Gasteiger partial charge in [-0.15, -0.1) is 11.8 Å². The monoisotopic (exact) mass is 631 g/mol. The van der Waals surface area contributed by atoms with Gasteiger partial charge in [-0.05, 0) is 24.1 Å². The van der Waals surface area contributed by atoms with Crippen molar-refractivity contribution in [3.05, 3.63) is 64.3 Å². The summed E-state index contributed by atoms with van der Waals surface area (Å²) in [6.07, 6.45) is 5.88. The number of carbonyl (C=O) groups excluding carboxylic acids is 3. The van der Waals surface area contributed by atoms with Gasteiger partial charge >= 0.3 is 5.97 Å². The molecular weight excluding hydrogens is 610 g/mol. The minimum absolute atomic E-state index is 0.00738. The molecule has 2 amide bonds. The van der Waals surface area contributed by atoms with Crippen LogP contribution in [0.25, 0.3) is 11.1 Å². The van der Waals surface area contributed by atoms with Gasteiger partial charge in [-0.25, -0.2) is 14.3 Å². The molecule has 5 rings (SSSR count). The van der Waals surface area contributed by atoms with Gasteiger partial charge in [-0.2, -0.15) is 0 Å². The number of pyridine rings is 1. The number of carboxylic acids is 2. The number of thiazole rings is 1. The van der Waals surface area contributed by atoms with Gasteiger partial charge in [-0.1, -0.05) is 28.1 Å². The van der Waals surface area contributed by atoms with Gasteiger partial charge in [-0.3, -0.25) is 14.5 Å². The number of thioether (sulfide) groups is 1. The number of anilines is 1. The summed E-state index contributed by atoms with van der Waals surface area (Å²) in [5.41, 5.74) is 7.22. The lowest BCUT2D eigenvalue weighted by Gasteiger charge is -2.50. The van der Waals surface area contributed by atoms with E-state index >= 15 is 0 Å². The quantitative estimate of drug-likeness (QED) is 0.102. The lowest BCUT2D eigenvalue weighted by molar-refractivity contribution is -0.689. The number of hydrogen-bond acceptors (Lipinski definition) is 11. The Kier molecular flexibility index (Phi) is 8.20. The number of rotatable bonds is 10. The molecule has 218 valence electrons. The van der Waals surface area contributed by atoms with Gasteiger partial charge in [0, 0.05) is 35.9 Å². The zero-order chi connectivity index (χ0) is 30.1. The molecule has 3 aromatic rings. The van der Waals surface area contributed by atoms with Crippen LogP contribution in [0.15, 0.2) is 59.4 Å². The number of H-pyrrole nitrogens is 1. The van der Waals surface area contributed by atoms with Crippen LogP contribution in [-0.4, -0.2) is 72.7 Å². The summed E-state index contributed by atoms with van der Waals surface area (Å²) in [4.78, 5) is 62.7. The van der Waals surface area contributed by atoms with Crippen molar-refractivity contribution >= 4 is 69.3 Å².